The first-order chi connectivity index (χ1) is 7.81. The summed E-state index contributed by atoms with van der Waals surface area (Å²) in [6.07, 6.45) is 1.72. The Bertz CT molecular complexity index is 406. The second kappa shape index (κ2) is 5.12. The van der Waals surface area contributed by atoms with Crippen LogP contribution in [0.1, 0.15) is 18.1 Å². The Hall–Kier alpha value is -1.35. The van der Waals surface area contributed by atoms with E-state index in [4.69, 9.17) is 0 Å². The number of rotatable bonds is 4. The monoisotopic (exact) mass is 232 g/mol. The summed E-state index contributed by atoms with van der Waals surface area (Å²) in [5.41, 5.74) is 3.86. The molecule has 0 saturated carbocycles. The zero-order valence-corrected chi connectivity index (χ0v) is 10.2. The lowest BCUT2D eigenvalue weighted by Crippen LogP contribution is -2.03. The predicted molar refractivity (Wildman–Crippen MR) is 71.7 cm³/mol. The van der Waals surface area contributed by atoms with E-state index in [9.17, 15) is 0 Å². The van der Waals surface area contributed by atoms with Crippen LogP contribution in [0.15, 0.2) is 42.7 Å². The number of hydrogen-bond donors (Lipinski definition) is 2. The van der Waals surface area contributed by atoms with E-state index >= 15 is 0 Å². The topological polar surface area (TPSA) is 24.1 Å². The van der Waals surface area contributed by atoms with Crippen molar-refractivity contribution in [2.75, 3.05) is 5.88 Å². The van der Waals surface area contributed by atoms with Crippen LogP contribution >= 0.6 is 11.8 Å². The predicted octanol–water partition coefficient (Wildman–Crippen LogP) is 2.90. The Kier molecular flexibility index (Phi) is 3.57. The molecule has 2 nitrogen and oxygen atoms in total. The molecule has 1 aromatic carbocycles. The fraction of sp³-hybridized carbons (Fsp3) is 0.231. The van der Waals surface area contributed by atoms with Gasteiger partial charge in [-0.3, -0.25) is 0 Å². The number of hydrogen-bond acceptors (Lipinski definition) is 3. The van der Waals surface area contributed by atoms with Crippen molar-refractivity contribution in [1.82, 2.24) is 10.6 Å². The third-order valence-corrected chi connectivity index (χ3v) is 3.68. The van der Waals surface area contributed by atoms with Gasteiger partial charge in [-0.15, -0.1) is 11.8 Å². The van der Waals surface area contributed by atoms with Gasteiger partial charge in [0.2, 0.25) is 0 Å². The van der Waals surface area contributed by atoms with Gasteiger partial charge >= 0.3 is 0 Å². The lowest BCUT2D eigenvalue weighted by molar-refractivity contribution is 0.872. The first-order valence-electron chi connectivity index (χ1n) is 5.32. The highest BCUT2D eigenvalue weighted by atomic mass is 32.2. The van der Waals surface area contributed by atoms with E-state index in [1.807, 2.05) is 11.8 Å². The average molecular weight is 232 g/mol. The molecule has 16 heavy (non-hydrogen) atoms. The van der Waals surface area contributed by atoms with Crippen LogP contribution in [0.5, 0.6) is 0 Å². The second-order valence-electron chi connectivity index (χ2n) is 3.70. The van der Waals surface area contributed by atoms with Gasteiger partial charge in [-0.05, 0) is 24.3 Å². The van der Waals surface area contributed by atoms with E-state index in [1.165, 1.54) is 21.7 Å². The molecule has 0 aliphatic carbocycles. The fourth-order valence-electron chi connectivity index (χ4n) is 1.67. The largest absolute Gasteiger partial charge is 0.387 e. The van der Waals surface area contributed by atoms with E-state index in [2.05, 4.69) is 48.4 Å². The molecule has 2 rings (SSSR count). The van der Waals surface area contributed by atoms with Crippen LogP contribution in [0.4, 0.5) is 0 Å². The molecule has 3 heteroatoms. The molecule has 84 valence electrons. The van der Waals surface area contributed by atoms with E-state index in [-0.39, 0.29) is 0 Å². The molecule has 1 aromatic rings. The maximum Gasteiger partial charge on any atom is 0.0655 e. The van der Waals surface area contributed by atoms with E-state index < -0.39 is 0 Å². The molecule has 0 amide bonds. The van der Waals surface area contributed by atoms with Crippen molar-refractivity contribution in [2.24, 2.45) is 0 Å². The van der Waals surface area contributed by atoms with Crippen LogP contribution in [0.3, 0.4) is 0 Å². The lowest BCUT2D eigenvalue weighted by atomic mass is 10.1. The Balaban J connectivity index is 2.13. The molecule has 0 radical (unpaired) electrons. The van der Waals surface area contributed by atoms with Crippen LogP contribution in [0, 0.1) is 0 Å². The van der Waals surface area contributed by atoms with E-state index in [1.54, 1.807) is 6.20 Å². The summed E-state index contributed by atoms with van der Waals surface area (Å²) in [5.74, 6) is 0.987. The molecule has 0 aromatic heterocycles. The van der Waals surface area contributed by atoms with Crippen molar-refractivity contribution < 1.29 is 0 Å². The smallest absolute Gasteiger partial charge is 0.0655 e. The molecule has 1 aliphatic heterocycles. The van der Waals surface area contributed by atoms with Gasteiger partial charge in [0.25, 0.3) is 0 Å². The van der Waals surface area contributed by atoms with Crippen LogP contribution in [0.25, 0.3) is 4.91 Å². The van der Waals surface area contributed by atoms with Gasteiger partial charge in [0.05, 0.1) is 5.88 Å². The van der Waals surface area contributed by atoms with Crippen LogP contribution in [-0.4, -0.2) is 5.88 Å². The highest BCUT2D eigenvalue weighted by Crippen LogP contribution is 2.33. The van der Waals surface area contributed by atoms with Crippen molar-refractivity contribution in [3.8, 4) is 0 Å². The molecule has 0 atom stereocenters. The summed E-state index contributed by atoms with van der Waals surface area (Å²) in [5, 5.41) is 6.43. The third kappa shape index (κ3) is 2.42. The van der Waals surface area contributed by atoms with Gasteiger partial charge in [0.1, 0.15) is 0 Å². The molecule has 0 unspecified atom stereocenters. The lowest BCUT2D eigenvalue weighted by Gasteiger charge is -2.05. The van der Waals surface area contributed by atoms with Gasteiger partial charge in [0, 0.05) is 17.1 Å². The maximum atomic E-state index is 3.64. The van der Waals surface area contributed by atoms with Crippen LogP contribution < -0.4 is 10.6 Å². The normalized spacial score (nSPS) is 14.8. The van der Waals surface area contributed by atoms with Gasteiger partial charge < -0.3 is 10.6 Å². The summed E-state index contributed by atoms with van der Waals surface area (Å²) in [7, 11) is 0. The van der Waals surface area contributed by atoms with Crippen molar-refractivity contribution in [3.63, 3.8) is 0 Å². The summed E-state index contributed by atoms with van der Waals surface area (Å²) < 4.78 is 0. The van der Waals surface area contributed by atoms with Crippen molar-refractivity contribution >= 4 is 16.7 Å². The molecule has 2 N–H and O–H groups in total. The molecule has 0 bridgehead atoms. The van der Waals surface area contributed by atoms with Gasteiger partial charge in [-0.25, -0.2) is 0 Å². The Morgan fingerprint density at radius 2 is 2.19 bits per heavy atom. The molecule has 0 fully saturated rings. The first-order valence-corrected chi connectivity index (χ1v) is 6.31. The fourth-order valence-corrected chi connectivity index (χ4v) is 2.69. The average Bonchev–Trinajstić information content (AvgIpc) is 2.74. The SMILES string of the molecule is C=CNCc1ccc(C2=C(C)NCS2)cc1. The summed E-state index contributed by atoms with van der Waals surface area (Å²) in [6.45, 7) is 6.60. The highest BCUT2D eigenvalue weighted by Gasteiger charge is 2.12. The van der Waals surface area contributed by atoms with Crippen molar-refractivity contribution in [3.05, 3.63) is 53.9 Å². The van der Waals surface area contributed by atoms with E-state index in [0.717, 1.165) is 12.4 Å². The van der Waals surface area contributed by atoms with Gasteiger partial charge in [0.15, 0.2) is 0 Å². The van der Waals surface area contributed by atoms with Crippen LogP contribution in [-0.2, 0) is 6.54 Å². The first kappa shape index (κ1) is 11.1. The zero-order valence-electron chi connectivity index (χ0n) is 9.42. The number of nitrogens with one attached hydrogen (secondary N) is 2. The minimum atomic E-state index is 0.840. The minimum Gasteiger partial charge on any atom is -0.387 e. The molecule has 0 saturated heterocycles. The number of thioether (sulfide) groups is 1. The standard InChI is InChI=1S/C13H16N2S/c1-3-14-8-11-4-6-12(7-5-11)13-10(2)15-9-16-13/h3-7,14-15H,1,8-9H2,2H3. The summed E-state index contributed by atoms with van der Waals surface area (Å²) in [4.78, 5) is 1.36. The number of allylic oxidation sites excluding steroid dienone is 1. The molecule has 0 spiro atoms. The number of benzene rings is 1. The zero-order chi connectivity index (χ0) is 11.4. The Morgan fingerprint density at radius 3 is 2.75 bits per heavy atom. The Morgan fingerprint density at radius 1 is 1.44 bits per heavy atom. The van der Waals surface area contributed by atoms with Crippen molar-refractivity contribution in [1.29, 1.82) is 0 Å². The third-order valence-electron chi connectivity index (χ3n) is 2.56. The molecular formula is C13H16N2S. The molecular weight excluding hydrogens is 216 g/mol. The second-order valence-corrected chi connectivity index (χ2v) is 4.69. The minimum absolute atomic E-state index is 0.840. The summed E-state index contributed by atoms with van der Waals surface area (Å²) in [6, 6.07) is 8.67. The molecule has 1 heterocycles. The highest BCUT2D eigenvalue weighted by molar-refractivity contribution is 8.08. The quantitative estimate of drug-likeness (QED) is 0.834. The molecule has 1 aliphatic rings. The Labute approximate surface area is 101 Å². The van der Waals surface area contributed by atoms with Gasteiger partial charge in [-0.1, -0.05) is 30.8 Å². The van der Waals surface area contributed by atoms with Crippen LogP contribution in [0.2, 0.25) is 0 Å². The van der Waals surface area contributed by atoms with Gasteiger partial charge in [-0.2, -0.15) is 0 Å². The maximum absolute atomic E-state index is 3.64. The summed E-state index contributed by atoms with van der Waals surface area (Å²) >= 11 is 1.86. The van der Waals surface area contributed by atoms with E-state index in [0.29, 0.717) is 0 Å². The van der Waals surface area contributed by atoms with Crippen molar-refractivity contribution in [2.45, 2.75) is 13.5 Å².